The molecule has 4 nitrogen and oxygen atoms in total. The van der Waals surface area contributed by atoms with Crippen LogP contribution in [0.1, 0.15) is 61.3 Å². The second-order valence-electron chi connectivity index (χ2n) is 8.59. The van der Waals surface area contributed by atoms with Crippen molar-refractivity contribution in [3.63, 3.8) is 0 Å². The minimum absolute atomic E-state index is 0.00576. The van der Waals surface area contributed by atoms with E-state index in [0.717, 1.165) is 29.5 Å². The normalized spacial score (nSPS) is 15.0. The summed E-state index contributed by atoms with van der Waals surface area (Å²) in [6, 6.07) is 16.0. The number of carbonyl (C=O) groups excluding carboxylic acids is 2. The Labute approximate surface area is 180 Å². The van der Waals surface area contributed by atoms with Gasteiger partial charge in [0.2, 0.25) is 11.8 Å². The summed E-state index contributed by atoms with van der Waals surface area (Å²) in [7, 11) is 0. The van der Waals surface area contributed by atoms with E-state index in [9.17, 15) is 9.59 Å². The van der Waals surface area contributed by atoms with E-state index < -0.39 is 6.04 Å². The second-order valence-corrected chi connectivity index (χ2v) is 8.59. The molecule has 1 fully saturated rings. The summed E-state index contributed by atoms with van der Waals surface area (Å²) in [6.45, 7) is 6.52. The molecule has 1 unspecified atom stereocenters. The molecular formula is C26H34N2O2. The maximum Gasteiger partial charge on any atom is 0.243 e. The van der Waals surface area contributed by atoms with Crippen LogP contribution < -0.4 is 5.32 Å². The maximum atomic E-state index is 13.4. The molecule has 2 aromatic carbocycles. The molecule has 1 N–H and O–H groups in total. The molecule has 160 valence electrons. The summed E-state index contributed by atoms with van der Waals surface area (Å²) in [5.41, 5.74) is 4.36. The highest BCUT2D eigenvalue weighted by Crippen LogP contribution is 2.20. The van der Waals surface area contributed by atoms with Crippen LogP contribution in [0.4, 0.5) is 0 Å². The first-order valence-electron chi connectivity index (χ1n) is 11.2. The Morgan fingerprint density at radius 2 is 1.70 bits per heavy atom. The zero-order valence-electron chi connectivity index (χ0n) is 18.5. The third-order valence-electron chi connectivity index (χ3n) is 6.00. The summed E-state index contributed by atoms with van der Waals surface area (Å²) in [4.78, 5) is 28.3. The minimum atomic E-state index is -0.455. The summed E-state index contributed by atoms with van der Waals surface area (Å²) in [5, 5.41) is 3.20. The first-order chi connectivity index (χ1) is 14.5. The Morgan fingerprint density at radius 1 is 1.00 bits per heavy atom. The summed E-state index contributed by atoms with van der Waals surface area (Å²) in [5.74, 6) is -0.0249. The van der Waals surface area contributed by atoms with Crippen LogP contribution in [-0.2, 0) is 22.6 Å². The maximum absolute atomic E-state index is 13.4. The van der Waals surface area contributed by atoms with E-state index in [4.69, 9.17) is 0 Å². The Bertz CT molecular complexity index is 854. The van der Waals surface area contributed by atoms with Gasteiger partial charge in [-0.05, 0) is 44.2 Å². The van der Waals surface area contributed by atoms with Crippen LogP contribution in [0.5, 0.6) is 0 Å². The number of hydrogen-bond acceptors (Lipinski definition) is 2. The Kier molecular flexibility index (Phi) is 7.67. The van der Waals surface area contributed by atoms with Crippen molar-refractivity contribution >= 4 is 11.8 Å². The van der Waals surface area contributed by atoms with Crippen molar-refractivity contribution in [1.29, 1.82) is 0 Å². The molecule has 0 radical (unpaired) electrons. The summed E-state index contributed by atoms with van der Waals surface area (Å²) in [6.07, 6.45) is 5.32. The average molecular weight is 407 g/mol. The highest BCUT2D eigenvalue weighted by Gasteiger charge is 2.30. The van der Waals surface area contributed by atoms with Gasteiger partial charge in [0.05, 0.1) is 6.42 Å². The van der Waals surface area contributed by atoms with Gasteiger partial charge in [-0.15, -0.1) is 0 Å². The molecule has 1 atom stereocenters. The van der Waals surface area contributed by atoms with Gasteiger partial charge < -0.3 is 10.2 Å². The lowest BCUT2D eigenvalue weighted by atomic mass is 10.0. The number of amides is 2. The molecule has 30 heavy (non-hydrogen) atoms. The number of hydrogen-bond donors (Lipinski definition) is 1. The van der Waals surface area contributed by atoms with Crippen molar-refractivity contribution in [3.8, 4) is 0 Å². The molecule has 0 heterocycles. The fourth-order valence-electron chi connectivity index (χ4n) is 4.28. The molecular weight excluding hydrogens is 372 g/mol. The monoisotopic (exact) mass is 406 g/mol. The molecule has 0 saturated heterocycles. The van der Waals surface area contributed by atoms with E-state index in [2.05, 4.69) is 11.4 Å². The van der Waals surface area contributed by atoms with E-state index in [1.807, 2.05) is 63.2 Å². The SMILES string of the molecule is CCC(C(=O)NC1CCCC1)N(Cc1cccc(C)c1)C(=O)Cc1ccc(C)cc1. The Hall–Kier alpha value is -2.62. The van der Waals surface area contributed by atoms with Crippen LogP contribution in [0.3, 0.4) is 0 Å². The van der Waals surface area contributed by atoms with E-state index in [1.54, 1.807) is 4.90 Å². The number of nitrogens with one attached hydrogen (secondary N) is 1. The molecule has 1 aliphatic carbocycles. The standard InChI is InChI=1S/C26H34N2O2/c1-4-24(26(30)27-23-10-5-6-11-23)28(18-22-9-7-8-20(3)16-22)25(29)17-21-14-12-19(2)13-15-21/h7-9,12-16,23-24H,4-6,10-11,17-18H2,1-3H3,(H,27,30). The van der Waals surface area contributed by atoms with Crippen molar-refractivity contribution in [2.45, 2.75) is 77.9 Å². The van der Waals surface area contributed by atoms with Gasteiger partial charge in [0.15, 0.2) is 0 Å². The van der Waals surface area contributed by atoms with Crippen LogP contribution >= 0.6 is 0 Å². The van der Waals surface area contributed by atoms with Gasteiger partial charge in [0.25, 0.3) is 0 Å². The molecule has 1 saturated carbocycles. The van der Waals surface area contributed by atoms with Crippen molar-refractivity contribution in [2.75, 3.05) is 0 Å². The lowest BCUT2D eigenvalue weighted by Gasteiger charge is -2.31. The van der Waals surface area contributed by atoms with Gasteiger partial charge in [-0.1, -0.05) is 79.4 Å². The van der Waals surface area contributed by atoms with Gasteiger partial charge in [-0.25, -0.2) is 0 Å². The second kappa shape index (κ2) is 10.4. The quantitative estimate of drug-likeness (QED) is 0.690. The highest BCUT2D eigenvalue weighted by atomic mass is 16.2. The predicted molar refractivity (Wildman–Crippen MR) is 121 cm³/mol. The minimum Gasteiger partial charge on any atom is -0.352 e. The van der Waals surface area contributed by atoms with Crippen molar-refractivity contribution in [2.24, 2.45) is 0 Å². The van der Waals surface area contributed by atoms with Crippen LogP contribution in [0.15, 0.2) is 48.5 Å². The smallest absolute Gasteiger partial charge is 0.243 e. The number of nitrogens with zero attached hydrogens (tertiary/aromatic N) is 1. The van der Waals surface area contributed by atoms with E-state index in [-0.39, 0.29) is 17.9 Å². The Balaban J connectivity index is 1.81. The lowest BCUT2D eigenvalue weighted by molar-refractivity contribution is -0.141. The first kappa shape index (κ1) is 22.1. The molecule has 4 heteroatoms. The lowest BCUT2D eigenvalue weighted by Crippen LogP contribution is -2.51. The summed E-state index contributed by atoms with van der Waals surface area (Å²) >= 11 is 0. The van der Waals surface area contributed by atoms with Crippen molar-refractivity contribution < 1.29 is 9.59 Å². The first-order valence-corrected chi connectivity index (χ1v) is 11.2. The zero-order valence-corrected chi connectivity index (χ0v) is 18.5. The fourth-order valence-corrected chi connectivity index (χ4v) is 4.28. The highest BCUT2D eigenvalue weighted by molar-refractivity contribution is 5.88. The molecule has 0 aromatic heterocycles. The molecule has 0 spiro atoms. The number of carbonyl (C=O) groups is 2. The fraction of sp³-hybridized carbons (Fsp3) is 0.462. The molecule has 0 bridgehead atoms. The van der Waals surface area contributed by atoms with E-state index in [0.29, 0.717) is 19.4 Å². The molecule has 1 aliphatic rings. The van der Waals surface area contributed by atoms with Crippen molar-refractivity contribution in [3.05, 3.63) is 70.8 Å². The largest absolute Gasteiger partial charge is 0.352 e. The average Bonchev–Trinajstić information content (AvgIpc) is 3.22. The van der Waals surface area contributed by atoms with Gasteiger partial charge in [-0.2, -0.15) is 0 Å². The van der Waals surface area contributed by atoms with E-state index in [1.165, 1.54) is 18.4 Å². The molecule has 0 aliphatic heterocycles. The molecule has 2 amide bonds. The third kappa shape index (κ3) is 5.94. The number of rotatable bonds is 8. The molecule has 3 rings (SSSR count). The molecule has 2 aromatic rings. The van der Waals surface area contributed by atoms with Gasteiger partial charge in [-0.3, -0.25) is 9.59 Å². The summed E-state index contributed by atoms with van der Waals surface area (Å²) < 4.78 is 0. The van der Waals surface area contributed by atoms with Crippen LogP contribution in [0.25, 0.3) is 0 Å². The van der Waals surface area contributed by atoms with Gasteiger partial charge >= 0.3 is 0 Å². The van der Waals surface area contributed by atoms with Crippen LogP contribution in [-0.4, -0.2) is 28.8 Å². The van der Waals surface area contributed by atoms with E-state index >= 15 is 0 Å². The Morgan fingerprint density at radius 3 is 2.33 bits per heavy atom. The predicted octanol–water partition coefficient (Wildman–Crippen LogP) is 4.71. The van der Waals surface area contributed by atoms with Gasteiger partial charge in [0.1, 0.15) is 6.04 Å². The third-order valence-corrected chi connectivity index (χ3v) is 6.00. The topological polar surface area (TPSA) is 49.4 Å². The van der Waals surface area contributed by atoms with Crippen LogP contribution in [0.2, 0.25) is 0 Å². The number of aryl methyl sites for hydroxylation is 2. The number of benzene rings is 2. The van der Waals surface area contributed by atoms with Gasteiger partial charge in [0, 0.05) is 12.6 Å². The van der Waals surface area contributed by atoms with Crippen LogP contribution in [0, 0.1) is 13.8 Å². The van der Waals surface area contributed by atoms with Crippen molar-refractivity contribution in [1.82, 2.24) is 10.2 Å². The zero-order chi connectivity index (χ0) is 21.5.